The van der Waals surface area contributed by atoms with E-state index >= 15 is 0 Å². The lowest BCUT2D eigenvalue weighted by Gasteiger charge is -2.36. The number of piperidine rings is 1. The normalized spacial score (nSPS) is 18.8. The predicted molar refractivity (Wildman–Crippen MR) is 92.2 cm³/mol. The predicted octanol–water partition coefficient (Wildman–Crippen LogP) is 1.06. The number of carboxylic acid groups (broad SMARTS) is 1. The summed E-state index contributed by atoms with van der Waals surface area (Å²) in [6, 6.07) is 8.40. The zero-order valence-corrected chi connectivity index (χ0v) is 14.1. The van der Waals surface area contributed by atoms with Crippen LogP contribution in [0.4, 0.5) is 5.69 Å². The number of likely N-dealkylation sites (N-methyl/N-ethyl adjacent to an activating group) is 1. The minimum atomic E-state index is -0.789. The van der Waals surface area contributed by atoms with Crippen molar-refractivity contribution < 1.29 is 14.7 Å². The maximum Gasteiger partial charge on any atom is 0.317 e. The highest BCUT2D eigenvalue weighted by Crippen LogP contribution is 2.27. The molecule has 0 unspecified atom stereocenters. The first-order valence-corrected chi connectivity index (χ1v) is 8.57. The minimum absolute atomic E-state index is 0.0775. The van der Waals surface area contributed by atoms with Crippen molar-refractivity contribution >= 4 is 17.6 Å². The van der Waals surface area contributed by atoms with Crippen molar-refractivity contribution in [3.05, 3.63) is 29.8 Å². The summed E-state index contributed by atoms with van der Waals surface area (Å²) in [6.45, 7) is 2.99. The second kappa shape index (κ2) is 7.32. The van der Waals surface area contributed by atoms with Gasteiger partial charge in [0.1, 0.15) is 0 Å². The van der Waals surface area contributed by atoms with Gasteiger partial charge in [0, 0.05) is 31.4 Å². The molecule has 0 radical (unpaired) electrons. The maximum atomic E-state index is 12.6. The highest BCUT2D eigenvalue weighted by molar-refractivity contribution is 5.96. The van der Waals surface area contributed by atoms with Gasteiger partial charge < -0.3 is 10.0 Å². The number of rotatable bonds is 5. The summed E-state index contributed by atoms with van der Waals surface area (Å²) in [7, 11) is 1.86. The third-order valence-corrected chi connectivity index (χ3v) is 5.11. The van der Waals surface area contributed by atoms with Crippen molar-refractivity contribution in [3.63, 3.8) is 0 Å². The summed E-state index contributed by atoms with van der Waals surface area (Å²) in [6.07, 6.45) is 2.76. The number of hydrogen-bond acceptors (Lipinski definition) is 4. The minimum Gasteiger partial charge on any atom is -0.480 e. The number of hydrogen-bond donors (Lipinski definition) is 1. The van der Waals surface area contributed by atoms with Gasteiger partial charge in [0.05, 0.1) is 13.1 Å². The molecular weight excluding hydrogens is 306 g/mol. The lowest BCUT2D eigenvalue weighted by atomic mass is 10.0. The second-order valence-electron chi connectivity index (χ2n) is 6.74. The van der Waals surface area contributed by atoms with Crippen LogP contribution >= 0.6 is 0 Å². The molecule has 2 aliphatic heterocycles. The molecule has 0 spiro atoms. The van der Waals surface area contributed by atoms with Gasteiger partial charge in [0.15, 0.2) is 0 Å². The average Bonchev–Trinajstić information content (AvgIpc) is 2.99. The molecule has 0 saturated carbocycles. The van der Waals surface area contributed by atoms with Crippen molar-refractivity contribution in [2.24, 2.45) is 0 Å². The number of carboxylic acids is 1. The van der Waals surface area contributed by atoms with Crippen LogP contribution in [0.5, 0.6) is 0 Å². The van der Waals surface area contributed by atoms with Crippen LogP contribution in [0.15, 0.2) is 24.3 Å². The Bertz CT molecular complexity index is 611. The monoisotopic (exact) mass is 331 g/mol. The number of anilines is 1. The largest absolute Gasteiger partial charge is 0.480 e. The summed E-state index contributed by atoms with van der Waals surface area (Å²) >= 11 is 0. The molecule has 1 N–H and O–H groups in total. The van der Waals surface area contributed by atoms with E-state index in [0.717, 1.165) is 44.6 Å². The van der Waals surface area contributed by atoms with E-state index in [1.807, 2.05) is 35.0 Å². The zero-order valence-electron chi connectivity index (χ0n) is 14.1. The zero-order chi connectivity index (χ0) is 17.1. The van der Waals surface area contributed by atoms with Crippen molar-refractivity contribution in [2.75, 3.05) is 44.7 Å². The third kappa shape index (κ3) is 3.76. The van der Waals surface area contributed by atoms with Crippen molar-refractivity contribution in [3.8, 4) is 0 Å². The molecule has 1 fully saturated rings. The fourth-order valence-corrected chi connectivity index (χ4v) is 3.73. The molecule has 0 aliphatic carbocycles. The van der Waals surface area contributed by atoms with E-state index in [1.165, 1.54) is 5.56 Å². The molecule has 1 aromatic carbocycles. The van der Waals surface area contributed by atoms with E-state index in [-0.39, 0.29) is 12.5 Å². The van der Waals surface area contributed by atoms with Gasteiger partial charge in [-0.05, 0) is 37.9 Å². The van der Waals surface area contributed by atoms with Crippen molar-refractivity contribution in [2.45, 2.75) is 25.3 Å². The van der Waals surface area contributed by atoms with E-state index < -0.39 is 5.97 Å². The Morgan fingerprint density at radius 3 is 2.62 bits per heavy atom. The smallest absolute Gasteiger partial charge is 0.317 e. The Morgan fingerprint density at radius 1 is 1.21 bits per heavy atom. The molecular formula is C18H25N3O3. The number of nitrogens with zero attached hydrogens (tertiary/aromatic N) is 3. The molecule has 1 saturated heterocycles. The number of amides is 1. The first kappa shape index (κ1) is 16.9. The van der Waals surface area contributed by atoms with Gasteiger partial charge in [-0.2, -0.15) is 0 Å². The Labute approximate surface area is 142 Å². The maximum absolute atomic E-state index is 12.6. The number of fused-ring (bicyclic) bond motifs is 1. The van der Waals surface area contributed by atoms with E-state index in [4.69, 9.17) is 5.11 Å². The van der Waals surface area contributed by atoms with E-state index in [0.29, 0.717) is 12.6 Å². The van der Waals surface area contributed by atoms with Gasteiger partial charge in [0.2, 0.25) is 5.91 Å². The molecule has 0 bridgehead atoms. The van der Waals surface area contributed by atoms with Crippen molar-refractivity contribution in [1.82, 2.24) is 9.80 Å². The van der Waals surface area contributed by atoms with Gasteiger partial charge in [-0.1, -0.05) is 18.2 Å². The van der Waals surface area contributed by atoms with Crippen LogP contribution < -0.4 is 4.90 Å². The number of carbonyl (C=O) groups is 2. The van der Waals surface area contributed by atoms with Gasteiger partial charge >= 0.3 is 5.97 Å². The third-order valence-electron chi connectivity index (χ3n) is 5.11. The number of aliphatic carboxylic acids is 1. The molecule has 2 aliphatic rings. The summed E-state index contributed by atoms with van der Waals surface area (Å²) in [5.41, 5.74) is 2.30. The molecule has 6 nitrogen and oxygen atoms in total. The van der Waals surface area contributed by atoms with Gasteiger partial charge in [0.25, 0.3) is 0 Å². The Hall–Kier alpha value is -1.92. The molecule has 6 heteroatoms. The SMILES string of the molecule is CN(CC(=O)O)C1CCN(CC(=O)N2CCc3ccccc32)CC1. The van der Waals surface area contributed by atoms with Crippen LogP contribution in [0, 0.1) is 0 Å². The summed E-state index contributed by atoms with van der Waals surface area (Å²) in [5.74, 6) is -0.625. The van der Waals surface area contributed by atoms with Crippen LogP contribution in [-0.4, -0.2) is 72.6 Å². The first-order valence-electron chi connectivity index (χ1n) is 8.57. The van der Waals surface area contributed by atoms with E-state index in [9.17, 15) is 9.59 Å². The highest BCUT2D eigenvalue weighted by Gasteiger charge is 2.28. The molecule has 1 aromatic rings. The van der Waals surface area contributed by atoms with Gasteiger partial charge in [-0.25, -0.2) is 0 Å². The Balaban J connectivity index is 1.50. The second-order valence-corrected chi connectivity index (χ2v) is 6.74. The van der Waals surface area contributed by atoms with Crippen molar-refractivity contribution in [1.29, 1.82) is 0 Å². The molecule has 24 heavy (non-hydrogen) atoms. The number of carbonyl (C=O) groups excluding carboxylic acids is 1. The fourth-order valence-electron chi connectivity index (χ4n) is 3.73. The molecule has 0 aromatic heterocycles. The van der Waals surface area contributed by atoms with E-state index in [1.54, 1.807) is 0 Å². The summed E-state index contributed by atoms with van der Waals surface area (Å²) < 4.78 is 0. The highest BCUT2D eigenvalue weighted by atomic mass is 16.4. The first-order chi connectivity index (χ1) is 11.5. The van der Waals surface area contributed by atoms with Crippen LogP contribution in [-0.2, 0) is 16.0 Å². The van der Waals surface area contributed by atoms with Crippen LogP contribution in [0.2, 0.25) is 0 Å². The molecule has 130 valence electrons. The summed E-state index contributed by atoms with van der Waals surface area (Å²) in [5, 5.41) is 8.88. The lowest BCUT2D eigenvalue weighted by Crippen LogP contribution is -2.48. The summed E-state index contributed by atoms with van der Waals surface area (Å²) in [4.78, 5) is 29.4. The average molecular weight is 331 g/mol. The number of para-hydroxylation sites is 1. The molecule has 1 amide bonds. The van der Waals surface area contributed by atoms with E-state index in [2.05, 4.69) is 11.0 Å². The Kier molecular flexibility index (Phi) is 5.16. The Morgan fingerprint density at radius 2 is 1.92 bits per heavy atom. The standard InChI is InChI=1S/C18H25N3O3/c1-19(13-18(23)24)15-7-9-20(10-8-15)12-17(22)21-11-6-14-4-2-3-5-16(14)21/h2-5,15H,6-13H2,1H3,(H,23,24). The lowest BCUT2D eigenvalue weighted by molar-refractivity contribution is -0.138. The molecule has 2 heterocycles. The molecule has 0 atom stereocenters. The fraction of sp³-hybridized carbons (Fsp3) is 0.556. The van der Waals surface area contributed by atoms with Crippen LogP contribution in [0.1, 0.15) is 18.4 Å². The van der Waals surface area contributed by atoms with Crippen LogP contribution in [0.25, 0.3) is 0 Å². The topological polar surface area (TPSA) is 64.1 Å². The molecule has 3 rings (SSSR count). The number of benzene rings is 1. The van der Waals surface area contributed by atoms with Crippen LogP contribution in [0.3, 0.4) is 0 Å². The number of likely N-dealkylation sites (tertiary alicyclic amines) is 1. The van der Waals surface area contributed by atoms with Gasteiger partial charge in [-0.3, -0.25) is 19.4 Å². The van der Waals surface area contributed by atoms with Gasteiger partial charge in [-0.15, -0.1) is 0 Å². The quantitative estimate of drug-likeness (QED) is 0.874.